The average molecular weight is 241 g/mol. The van der Waals surface area contributed by atoms with Crippen LogP contribution in [-0.4, -0.2) is 43.7 Å². The first-order valence-electron chi connectivity index (χ1n) is 6.90. The van der Waals surface area contributed by atoms with Gasteiger partial charge in [-0.05, 0) is 58.2 Å². The highest BCUT2D eigenvalue weighted by Crippen LogP contribution is 2.34. The fourth-order valence-corrected chi connectivity index (χ4v) is 2.47. The van der Waals surface area contributed by atoms with Crippen LogP contribution in [0.15, 0.2) is 0 Å². The number of nitrogens with zero attached hydrogens (tertiary/aromatic N) is 1. The first-order valence-corrected chi connectivity index (χ1v) is 6.90. The molecule has 17 heavy (non-hydrogen) atoms. The van der Waals surface area contributed by atoms with Crippen LogP contribution >= 0.6 is 0 Å². The minimum atomic E-state index is 0.0583. The Hall–Kier alpha value is -0.120. The smallest absolute Gasteiger partial charge is 0.0247 e. The van der Waals surface area contributed by atoms with E-state index in [1.807, 2.05) is 0 Å². The summed E-state index contributed by atoms with van der Waals surface area (Å²) < 4.78 is 0. The van der Waals surface area contributed by atoms with Gasteiger partial charge >= 0.3 is 0 Å². The first kappa shape index (κ1) is 14.9. The van der Waals surface area contributed by atoms with Gasteiger partial charge in [-0.25, -0.2) is 0 Å². The average Bonchev–Trinajstić information content (AvgIpc) is 2.27. The van der Waals surface area contributed by atoms with Crippen molar-refractivity contribution in [2.45, 2.75) is 46.1 Å². The summed E-state index contributed by atoms with van der Waals surface area (Å²) in [4.78, 5) is 2.43. The molecule has 0 bridgehead atoms. The van der Waals surface area contributed by atoms with Gasteiger partial charge in [0.2, 0.25) is 0 Å². The Balaban J connectivity index is 2.45. The van der Waals surface area contributed by atoms with Gasteiger partial charge in [0.25, 0.3) is 0 Å². The van der Waals surface area contributed by atoms with E-state index in [0.717, 1.165) is 12.5 Å². The number of piperidine rings is 1. The second kappa shape index (κ2) is 5.68. The summed E-state index contributed by atoms with van der Waals surface area (Å²) in [6.45, 7) is 13.4. The molecule has 0 atom stereocenters. The fourth-order valence-electron chi connectivity index (χ4n) is 2.47. The van der Waals surface area contributed by atoms with Crippen molar-refractivity contribution in [1.29, 1.82) is 0 Å². The molecule has 0 amide bonds. The van der Waals surface area contributed by atoms with Crippen LogP contribution in [0.3, 0.4) is 0 Å². The van der Waals surface area contributed by atoms with E-state index in [0.29, 0.717) is 12.0 Å². The van der Waals surface area contributed by atoms with E-state index in [1.165, 1.54) is 25.9 Å². The standard InChI is InChI=1S/C14H31N3/c1-13(2,11-16-14(3,4)10-15)12-6-8-17(5)9-7-12/h12,16H,6-11,15H2,1-5H3. The number of rotatable bonds is 5. The SMILES string of the molecule is CN1CCC(C(C)(C)CNC(C)(C)CN)CC1. The van der Waals surface area contributed by atoms with Crippen LogP contribution in [0.5, 0.6) is 0 Å². The van der Waals surface area contributed by atoms with Crippen LogP contribution in [0.25, 0.3) is 0 Å². The summed E-state index contributed by atoms with van der Waals surface area (Å²) in [6, 6.07) is 0. The quantitative estimate of drug-likeness (QED) is 0.769. The molecule has 0 aliphatic carbocycles. The Morgan fingerprint density at radius 3 is 2.18 bits per heavy atom. The lowest BCUT2D eigenvalue weighted by Gasteiger charge is -2.41. The minimum absolute atomic E-state index is 0.0583. The van der Waals surface area contributed by atoms with Crippen molar-refractivity contribution in [2.24, 2.45) is 17.1 Å². The lowest BCUT2D eigenvalue weighted by molar-refractivity contribution is 0.106. The number of hydrogen-bond acceptors (Lipinski definition) is 3. The Morgan fingerprint density at radius 1 is 1.18 bits per heavy atom. The normalized spacial score (nSPS) is 20.8. The van der Waals surface area contributed by atoms with Crippen molar-refractivity contribution in [1.82, 2.24) is 10.2 Å². The first-order chi connectivity index (χ1) is 7.77. The number of nitrogens with two attached hydrogens (primary N) is 1. The van der Waals surface area contributed by atoms with Crippen molar-refractivity contribution in [3.05, 3.63) is 0 Å². The van der Waals surface area contributed by atoms with Crippen LogP contribution < -0.4 is 11.1 Å². The molecular formula is C14H31N3. The van der Waals surface area contributed by atoms with Crippen LogP contribution in [0, 0.1) is 11.3 Å². The van der Waals surface area contributed by atoms with Crippen molar-refractivity contribution in [2.75, 3.05) is 33.2 Å². The van der Waals surface area contributed by atoms with Crippen LogP contribution in [0.2, 0.25) is 0 Å². The van der Waals surface area contributed by atoms with Gasteiger partial charge in [0, 0.05) is 18.6 Å². The molecule has 102 valence electrons. The molecule has 0 unspecified atom stereocenters. The predicted molar refractivity (Wildman–Crippen MR) is 75.1 cm³/mol. The number of nitrogens with one attached hydrogen (secondary N) is 1. The zero-order valence-electron chi connectivity index (χ0n) is 12.3. The van der Waals surface area contributed by atoms with Crippen LogP contribution in [0.1, 0.15) is 40.5 Å². The summed E-state index contributed by atoms with van der Waals surface area (Å²) in [6.07, 6.45) is 2.66. The van der Waals surface area contributed by atoms with Gasteiger partial charge < -0.3 is 16.0 Å². The molecule has 1 saturated heterocycles. The highest BCUT2D eigenvalue weighted by Gasteiger charge is 2.32. The minimum Gasteiger partial charge on any atom is -0.329 e. The van der Waals surface area contributed by atoms with Gasteiger partial charge in [0.1, 0.15) is 0 Å². The van der Waals surface area contributed by atoms with E-state index in [9.17, 15) is 0 Å². The maximum absolute atomic E-state index is 5.76. The molecule has 1 rings (SSSR count). The lowest BCUT2D eigenvalue weighted by Crippen LogP contribution is -2.51. The van der Waals surface area contributed by atoms with E-state index in [2.05, 4.69) is 45.0 Å². The molecule has 3 heteroatoms. The molecule has 0 aromatic heterocycles. The fraction of sp³-hybridized carbons (Fsp3) is 1.00. The largest absolute Gasteiger partial charge is 0.329 e. The zero-order chi connectivity index (χ0) is 13.1. The molecule has 0 aromatic rings. The molecule has 1 aliphatic heterocycles. The summed E-state index contributed by atoms with van der Waals surface area (Å²) >= 11 is 0. The molecule has 3 nitrogen and oxygen atoms in total. The Labute approximate surface area is 107 Å². The highest BCUT2D eigenvalue weighted by atomic mass is 15.1. The van der Waals surface area contributed by atoms with Gasteiger partial charge in [-0.3, -0.25) is 0 Å². The number of hydrogen-bond donors (Lipinski definition) is 2. The van der Waals surface area contributed by atoms with E-state index in [1.54, 1.807) is 0 Å². The Morgan fingerprint density at radius 2 is 1.71 bits per heavy atom. The van der Waals surface area contributed by atoms with Gasteiger partial charge in [0.05, 0.1) is 0 Å². The zero-order valence-corrected chi connectivity index (χ0v) is 12.3. The van der Waals surface area contributed by atoms with E-state index >= 15 is 0 Å². The third-order valence-corrected chi connectivity index (χ3v) is 4.36. The van der Waals surface area contributed by atoms with Crippen LogP contribution in [-0.2, 0) is 0 Å². The van der Waals surface area contributed by atoms with Gasteiger partial charge in [-0.1, -0.05) is 13.8 Å². The second-order valence-electron chi connectivity index (χ2n) is 7.01. The summed E-state index contributed by atoms with van der Waals surface area (Å²) in [5.41, 5.74) is 6.19. The second-order valence-corrected chi connectivity index (χ2v) is 7.01. The molecule has 1 fully saturated rings. The van der Waals surface area contributed by atoms with Gasteiger partial charge in [-0.15, -0.1) is 0 Å². The van der Waals surface area contributed by atoms with Gasteiger partial charge in [-0.2, -0.15) is 0 Å². The molecule has 1 heterocycles. The summed E-state index contributed by atoms with van der Waals surface area (Å²) in [5.74, 6) is 0.833. The maximum Gasteiger partial charge on any atom is 0.0247 e. The molecule has 1 aliphatic rings. The molecule has 0 spiro atoms. The van der Waals surface area contributed by atoms with E-state index in [-0.39, 0.29) is 5.54 Å². The third-order valence-electron chi connectivity index (χ3n) is 4.36. The third kappa shape index (κ3) is 4.57. The molecule has 0 saturated carbocycles. The molecule has 0 aromatic carbocycles. The van der Waals surface area contributed by atoms with Crippen molar-refractivity contribution >= 4 is 0 Å². The Kier molecular flexibility index (Phi) is 4.99. The molecule has 0 radical (unpaired) electrons. The predicted octanol–water partition coefficient (Wildman–Crippen LogP) is 1.68. The maximum atomic E-state index is 5.76. The number of likely N-dealkylation sites (tertiary alicyclic amines) is 1. The molecule has 3 N–H and O–H groups in total. The van der Waals surface area contributed by atoms with E-state index < -0.39 is 0 Å². The lowest BCUT2D eigenvalue weighted by atomic mass is 9.73. The Bertz CT molecular complexity index is 228. The van der Waals surface area contributed by atoms with Crippen molar-refractivity contribution in [3.63, 3.8) is 0 Å². The van der Waals surface area contributed by atoms with Crippen molar-refractivity contribution in [3.8, 4) is 0 Å². The topological polar surface area (TPSA) is 41.3 Å². The van der Waals surface area contributed by atoms with E-state index in [4.69, 9.17) is 5.73 Å². The summed E-state index contributed by atoms with van der Waals surface area (Å²) in [5, 5.41) is 3.62. The monoisotopic (exact) mass is 241 g/mol. The molecular weight excluding hydrogens is 210 g/mol. The van der Waals surface area contributed by atoms with Crippen molar-refractivity contribution < 1.29 is 0 Å². The highest BCUT2D eigenvalue weighted by molar-refractivity contribution is 4.88. The van der Waals surface area contributed by atoms with Gasteiger partial charge in [0.15, 0.2) is 0 Å². The van der Waals surface area contributed by atoms with Crippen LogP contribution in [0.4, 0.5) is 0 Å². The summed E-state index contributed by atoms with van der Waals surface area (Å²) in [7, 11) is 2.22.